The zero-order valence-electron chi connectivity index (χ0n) is 19.1. The van der Waals surface area contributed by atoms with Gasteiger partial charge in [-0.2, -0.15) is 5.10 Å². The van der Waals surface area contributed by atoms with Gasteiger partial charge in [-0.25, -0.2) is 0 Å². The third-order valence-corrected chi connectivity index (χ3v) is 5.20. The van der Waals surface area contributed by atoms with Gasteiger partial charge in [-0.05, 0) is 31.7 Å². The number of amides is 2. The maximum absolute atomic E-state index is 11.9. The molecule has 0 unspecified atom stereocenters. The van der Waals surface area contributed by atoms with Crippen molar-refractivity contribution in [2.75, 3.05) is 25.6 Å². The van der Waals surface area contributed by atoms with Crippen LogP contribution in [0.2, 0.25) is 0 Å². The van der Waals surface area contributed by atoms with Crippen molar-refractivity contribution in [1.29, 1.82) is 0 Å². The molecule has 34 heavy (non-hydrogen) atoms. The number of nitrogens with two attached hydrogens (primary N) is 3. The number of allylic oxidation sites excluding steroid dienone is 1. The largest absolute Gasteiger partial charge is 0.494 e. The number of hydrogen-bond donors (Lipinski definition) is 6. The minimum absolute atomic E-state index is 0.0254. The maximum atomic E-state index is 11.9. The minimum atomic E-state index is -0.838. The summed E-state index contributed by atoms with van der Waals surface area (Å²) in [6.07, 6.45) is 8.95. The van der Waals surface area contributed by atoms with Crippen LogP contribution in [-0.2, 0) is 14.3 Å². The summed E-state index contributed by atoms with van der Waals surface area (Å²) in [5.41, 5.74) is 19.1. The lowest BCUT2D eigenvalue weighted by Gasteiger charge is -2.16. The molecule has 182 valence electrons. The molecule has 1 aliphatic heterocycles. The summed E-state index contributed by atoms with van der Waals surface area (Å²) in [6, 6.07) is 5.40. The van der Waals surface area contributed by atoms with Crippen LogP contribution in [0.25, 0.3) is 11.1 Å². The Hall–Kier alpha value is -3.99. The first kappa shape index (κ1) is 24.6. The van der Waals surface area contributed by atoms with Crippen molar-refractivity contribution in [3.8, 4) is 16.9 Å². The normalized spacial score (nSPS) is 16.1. The average Bonchev–Trinajstić information content (AvgIpc) is 3.26. The molecule has 1 saturated carbocycles. The number of carbonyl (C=O) groups is 2. The Morgan fingerprint density at radius 3 is 2.47 bits per heavy atom. The average molecular weight is 470 g/mol. The SMILES string of the molecule is C1CCOC1.COc1c(NC(/C=C(\N)NC(=O)C2CC2)=C(/N)C(N)=O)cccc1-c1cn[nH]c1. The van der Waals surface area contributed by atoms with Crippen LogP contribution < -0.4 is 32.6 Å². The number of ether oxygens (including phenoxy) is 2. The summed E-state index contributed by atoms with van der Waals surface area (Å²) in [5, 5.41) is 12.3. The Morgan fingerprint density at radius 2 is 1.94 bits per heavy atom. The first-order valence-electron chi connectivity index (χ1n) is 11.0. The molecule has 9 N–H and O–H groups in total. The van der Waals surface area contributed by atoms with E-state index in [4.69, 9.17) is 26.7 Å². The van der Waals surface area contributed by atoms with Gasteiger partial charge in [-0.1, -0.05) is 12.1 Å². The van der Waals surface area contributed by atoms with Gasteiger partial charge < -0.3 is 37.3 Å². The fourth-order valence-corrected chi connectivity index (χ4v) is 3.23. The molecule has 1 aliphatic carbocycles. The van der Waals surface area contributed by atoms with E-state index in [9.17, 15) is 9.59 Å². The molecule has 2 heterocycles. The highest BCUT2D eigenvalue weighted by atomic mass is 16.5. The molecule has 2 amide bonds. The molecule has 11 heteroatoms. The number of H-pyrrole nitrogens is 1. The lowest BCUT2D eigenvalue weighted by molar-refractivity contribution is -0.121. The van der Waals surface area contributed by atoms with E-state index in [1.165, 1.54) is 26.0 Å². The molecular weight excluding hydrogens is 438 g/mol. The Bertz CT molecular complexity index is 1050. The molecule has 1 saturated heterocycles. The van der Waals surface area contributed by atoms with Gasteiger partial charge in [0.05, 0.1) is 24.7 Å². The van der Waals surface area contributed by atoms with Crippen molar-refractivity contribution in [1.82, 2.24) is 15.5 Å². The van der Waals surface area contributed by atoms with Crippen LogP contribution in [0.15, 0.2) is 53.9 Å². The van der Waals surface area contributed by atoms with Gasteiger partial charge in [-0.15, -0.1) is 0 Å². The summed E-state index contributed by atoms with van der Waals surface area (Å²) in [5.74, 6) is -0.496. The third kappa shape index (κ3) is 6.75. The number of rotatable bonds is 8. The predicted molar refractivity (Wildman–Crippen MR) is 128 cm³/mol. The number of anilines is 1. The summed E-state index contributed by atoms with van der Waals surface area (Å²) < 4.78 is 10.5. The Balaban J connectivity index is 0.000000574. The monoisotopic (exact) mass is 469 g/mol. The van der Waals surface area contributed by atoms with E-state index in [2.05, 4.69) is 20.8 Å². The molecule has 2 aromatic rings. The van der Waals surface area contributed by atoms with Gasteiger partial charge in [0.15, 0.2) is 0 Å². The number of primary amides is 1. The number of methoxy groups -OCH3 is 1. The Kier molecular flexibility index (Phi) is 8.52. The Labute approximate surface area is 197 Å². The second kappa shape index (κ2) is 11.8. The van der Waals surface area contributed by atoms with Crippen molar-refractivity contribution in [3.63, 3.8) is 0 Å². The van der Waals surface area contributed by atoms with Crippen LogP contribution in [0, 0.1) is 5.92 Å². The van der Waals surface area contributed by atoms with E-state index in [0.717, 1.165) is 37.2 Å². The minimum Gasteiger partial charge on any atom is -0.494 e. The van der Waals surface area contributed by atoms with Crippen LogP contribution >= 0.6 is 0 Å². The Morgan fingerprint density at radius 1 is 1.21 bits per heavy atom. The molecule has 2 fully saturated rings. The summed E-state index contributed by atoms with van der Waals surface area (Å²) in [4.78, 5) is 23.6. The number of nitrogens with one attached hydrogen (secondary N) is 3. The zero-order valence-corrected chi connectivity index (χ0v) is 19.1. The third-order valence-electron chi connectivity index (χ3n) is 5.20. The zero-order chi connectivity index (χ0) is 24.5. The standard InChI is InChI=1S/C19H23N7O3.C4H8O/c1-29-17-12(11-8-23-24-9-11)3-2-4-13(17)25-14(16(21)18(22)27)7-15(20)26-19(28)10-5-6-10;1-2-4-5-3-1/h2-4,7-10,25H,5-6,20-21H2,1H3,(H2,22,27)(H,23,24)(H,26,28);1-4H2/b15-7+,16-14+;. The van der Waals surface area contributed by atoms with Crippen LogP contribution in [0.5, 0.6) is 5.75 Å². The van der Waals surface area contributed by atoms with Gasteiger partial charge in [-0.3, -0.25) is 14.7 Å². The first-order valence-corrected chi connectivity index (χ1v) is 11.0. The molecule has 2 aliphatic rings. The fraction of sp³-hybridized carbons (Fsp3) is 0.348. The van der Waals surface area contributed by atoms with E-state index in [-0.39, 0.29) is 29.0 Å². The van der Waals surface area contributed by atoms with Crippen LogP contribution in [0.3, 0.4) is 0 Å². The lowest BCUT2D eigenvalue weighted by atomic mass is 10.1. The van der Waals surface area contributed by atoms with Crippen molar-refractivity contribution in [3.05, 3.63) is 53.9 Å². The van der Waals surface area contributed by atoms with Crippen molar-refractivity contribution in [2.45, 2.75) is 25.7 Å². The van der Waals surface area contributed by atoms with E-state index in [1.54, 1.807) is 24.5 Å². The molecule has 1 aromatic carbocycles. The van der Waals surface area contributed by atoms with E-state index in [1.807, 2.05) is 6.07 Å². The number of carbonyl (C=O) groups excluding carboxylic acids is 2. The smallest absolute Gasteiger partial charge is 0.266 e. The van der Waals surface area contributed by atoms with Gasteiger partial charge in [0, 0.05) is 42.5 Å². The second-order valence-corrected chi connectivity index (χ2v) is 7.87. The van der Waals surface area contributed by atoms with Crippen LogP contribution in [0.1, 0.15) is 25.7 Å². The predicted octanol–water partition coefficient (Wildman–Crippen LogP) is 1.28. The van der Waals surface area contributed by atoms with E-state index in [0.29, 0.717) is 11.4 Å². The quantitative estimate of drug-likeness (QED) is 0.247. The molecule has 4 rings (SSSR count). The molecular formula is C23H31N7O4. The number of nitrogens with zero attached hydrogens (tertiary/aromatic N) is 1. The fourth-order valence-electron chi connectivity index (χ4n) is 3.23. The van der Waals surface area contributed by atoms with Gasteiger partial charge >= 0.3 is 0 Å². The number of para-hydroxylation sites is 1. The highest BCUT2D eigenvalue weighted by molar-refractivity contribution is 5.93. The highest BCUT2D eigenvalue weighted by Crippen LogP contribution is 2.36. The lowest BCUT2D eigenvalue weighted by Crippen LogP contribution is -2.30. The second-order valence-electron chi connectivity index (χ2n) is 7.87. The summed E-state index contributed by atoms with van der Waals surface area (Å²) >= 11 is 0. The van der Waals surface area contributed by atoms with Crippen LogP contribution in [-0.4, -0.2) is 42.3 Å². The van der Waals surface area contributed by atoms with Crippen molar-refractivity contribution >= 4 is 17.5 Å². The van der Waals surface area contributed by atoms with Gasteiger partial charge in [0.25, 0.3) is 5.91 Å². The van der Waals surface area contributed by atoms with E-state index >= 15 is 0 Å². The summed E-state index contributed by atoms with van der Waals surface area (Å²) in [6.45, 7) is 2.00. The molecule has 11 nitrogen and oxygen atoms in total. The molecule has 0 bridgehead atoms. The number of aromatic nitrogens is 2. The van der Waals surface area contributed by atoms with Gasteiger partial charge in [0.1, 0.15) is 17.3 Å². The summed E-state index contributed by atoms with van der Waals surface area (Å²) in [7, 11) is 1.52. The molecule has 1 aromatic heterocycles. The highest BCUT2D eigenvalue weighted by Gasteiger charge is 2.29. The first-order chi connectivity index (χ1) is 16.4. The van der Waals surface area contributed by atoms with Crippen molar-refractivity contribution in [2.24, 2.45) is 23.1 Å². The molecule has 0 spiro atoms. The van der Waals surface area contributed by atoms with Crippen LogP contribution in [0.4, 0.5) is 5.69 Å². The topological polar surface area (TPSA) is 183 Å². The van der Waals surface area contributed by atoms with Gasteiger partial charge in [0.2, 0.25) is 5.91 Å². The van der Waals surface area contributed by atoms with E-state index < -0.39 is 5.91 Å². The van der Waals surface area contributed by atoms with Crippen molar-refractivity contribution < 1.29 is 19.1 Å². The number of benzene rings is 1. The maximum Gasteiger partial charge on any atom is 0.266 e. The molecule has 0 atom stereocenters. The molecule has 0 radical (unpaired) electrons. The number of aromatic amines is 1. The number of hydrogen-bond acceptors (Lipinski definition) is 8.